The van der Waals surface area contributed by atoms with Crippen LogP contribution < -0.4 is 19.5 Å². The van der Waals surface area contributed by atoms with E-state index in [1.165, 1.54) is 0 Å². The van der Waals surface area contributed by atoms with E-state index >= 15 is 0 Å². The normalized spacial score (nSPS) is 16.1. The monoisotopic (exact) mass is 266 g/mol. The zero-order chi connectivity index (χ0) is 13.5. The largest absolute Gasteiger partial charge is 0.493 e. The zero-order valence-electron chi connectivity index (χ0n) is 11.6. The van der Waals surface area contributed by atoms with Crippen LogP contribution in [0.2, 0.25) is 0 Å². The Bertz CT molecular complexity index is 392. The summed E-state index contributed by atoms with van der Waals surface area (Å²) in [6.07, 6.45) is 0. The summed E-state index contributed by atoms with van der Waals surface area (Å²) in [6, 6.07) is 5.62. The molecular formula is C14H22N2O3. The minimum atomic E-state index is 0.690. The van der Waals surface area contributed by atoms with Gasteiger partial charge in [-0.05, 0) is 12.1 Å². The predicted octanol–water partition coefficient (Wildman–Crippen LogP) is 0.988. The minimum Gasteiger partial charge on any atom is -0.493 e. The molecule has 0 atom stereocenters. The van der Waals surface area contributed by atoms with E-state index in [1.54, 1.807) is 14.2 Å². The van der Waals surface area contributed by atoms with Crippen LogP contribution in [0.1, 0.15) is 0 Å². The molecular weight excluding hydrogens is 244 g/mol. The van der Waals surface area contributed by atoms with E-state index < -0.39 is 0 Å². The van der Waals surface area contributed by atoms with Gasteiger partial charge in [0.05, 0.1) is 14.2 Å². The van der Waals surface area contributed by atoms with Crippen LogP contribution >= 0.6 is 0 Å². The van der Waals surface area contributed by atoms with Gasteiger partial charge in [0, 0.05) is 38.8 Å². The van der Waals surface area contributed by atoms with E-state index in [2.05, 4.69) is 10.2 Å². The SMILES string of the molecule is COc1ccc(OCCN2CCNCC2)cc1OC. The quantitative estimate of drug-likeness (QED) is 0.831. The van der Waals surface area contributed by atoms with Gasteiger partial charge in [0.25, 0.3) is 0 Å². The molecule has 1 aliphatic heterocycles. The van der Waals surface area contributed by atoms with Gasteiger partial charge in [0.15, 0.2) is 11.5 Å². The van der Waals surface area contributed by atoms with Gasteiger partial charge in [-0.2, -0.15) is 0 Å². The predicted molar refractivity (Wildman–Crippen MR) is 74.4 cm³/mol. The highest BCUT2D eigenvalue weighted by atomic mass is 16.5. The average Bonchev–Trinajstić information content (AvgIpc) is 2.48. The first-order valence-corrected chi connectivity index (χ1v) is 6.61. The lowest BCUT2D eigenvalue weighted by atomic mass is 10.3. The number of ether oxygens (including phenoxy) is 3. The van der Waals surface area contributed by atoms with Gasteiger partial charge in [-0.1, -0.05) is 0 Å². The number of methoxy groups -OCH3 is 2. The van der Waals surface area contributed by atoms with Gasteiger partial charge < -0.3 is 19.5 Å². The van der Waals surface area contributed by atoms with Gasteiger partial charge in [-0.25, -0.2) is 0 Å². The summed E-state index contributed by atoms with van der Waals surface area (Å²) < 4.78 is 16.2. The molecule has 2 rings (SSSR count). The van der Waals surface area contributed by atoms with E-state index in [0.717, 1.165) is 44.2 Å². The Hall–Kier alpha value is -1.46. The third-order valence-corrected chi connectivity index (χ3v) is 3.24. The van der Waals surface area contributed by atoms with Crippen molar-refractivity contribution in [1.82, 2.24) is 10.2 Å². The lowest BCUT2D eigenvalue weighted by molar-refractivity contribution is 0.191. The van der Waals surface area contributed by atoms with E-state index in [0.29, 0.717) is 12.4 Å². The highest BCUT2D eigenvalue weighted by Crippen LogP contribution is 2.30. The highest BCUT2D eigenvalue weighted by molar-refractivity contribution is 5.45. The lowest BCUT2D eigenvalue weighted by Crippen LogP contribution is -2.44. The number of nitrogens with zero attached hydrogens (tertiary/aromatic N) is 1. The van der Waals surface area contributed by atoms with Crippen LogP contribution in [0.25, 0.3) is 0 Å². The molecule has 1 aliphatic rings. The molecule has 0 aliphatic carbocycles. The van der Waals surface area contributed by atoms with E-state index in [4.69, 9.17) is 14.2 Å². The number of nitrogens with one attached hydrogen (secondary N) is 1. The first kappa shape index (κ1) is 14.0. The second-order valence-electron chi connectivity index (χ2n) is 4.46. The van der Waals surface area contributed by atoms with Gasteiger partial charge in [-0.3, -0.25) is 4.90 Å². The fraction of sp³-hybridized carbons (Fsp3) is 0.571. The van der Waals surface area contributed by atoms with Crippen LogP contribution in [0.15, 0.2) is 18.2 Å². The van der Waals surface area contributed by atoms with Crippen molar-refractivity contribution in [2.75, 3.05) is 53.6 Å². The molecule has 1 heterocycles. The maximum Gasteiger partial charge on any atom is 0.164 e. The van der Waals surface area contributed by atoms with Crippen molar-refractivity contribution in [3.8, 4) is 17.2 Å². The van der Waals surface area contributed by atoms with Gasteiger partial charge in [0.1, 0.15) is 12.4 Å². The first-order valence-electron chi connectivity index (χ1n) is 6.61. The average molecular weight is 266 g/mol. The van der Waals surface area contributed by atoms with E-state index in [9.17, 15) is 0 Å². The maximum atomic E-state index is 5.75. The molecule has 1 N–H and O–H groups in total. The molecule has 0 bridgehead atoms. The summed E-state index contributed by atoms with van der Waals surface area (Å²) in [6.45, 7) is 5.96. The van der Waals surface area contributed by atoms with Gasteiger partial charge >= 0.3 is 0 Å². The third-order valence-electron chi connectivity index (χ3n) is 3.24. The summed E-state index contributed by atoms with van der Waals surface area (Å²) >= 11 is 0. The van der Waals surface area contributed by atoms with Crippen LogP contribution in [-0.2, 0) is 0 Å². The Morgan fingerprint density at radius 2 is 1.84 bits per heavy atom. The van der Waals surface area contributed by atoms with E-state index in [1.807, 2.05) is 18.2 Å². The molecule has 106 valence electrons. The molecule has 1 fully saturated rings. The molecule has 0 spiro atoms. The van der Waals surface area contributed by atoms with Crippen molar-refractivity contribution in [3.05, 3.63) is 18.2 Å². The Morgan fingerprint density at radius 3 is 2.53 bits per heavy atom. The molecule has 0 saturated carbocycles. The Labute approximate surface area is 114 Å². The molecule has 0 radical (unpaired) electrons. The van der Waals surface area contributed by atoms with Crippen molar-refractivity contribution >= 4 is 0 Å². The summed E-state index contributed by atoms with van der Waals surface area (Å²) in [5.41, 5.74) is 0. The molecule has 19 heavy (non-hydrogen) atoms. The van der Waals surface area contributed by atoms with Crippen LogP contribution in [0.3, 0.4) is 0 Å². The number of hydrogen-bond donors (Lipinski definition) is 1. The number of hydrogen-bond acceptors (Lipinski definition) is 5. The van der Waals surface area contributed by atoms with Crippen LogP contribution in [0.5, 0.6) is 17.2 Å². The minimum absolute atomic E-state index is 0.690. The number of benzene rings is 1. The molecule has 0 amide bonds. The summed E-state index contributed by atoms with van der Waals surface area (Å²) in [4.78, 5) is 2.40. The smallest absolute Gasteiger partial charge is 0.164 e. The second kappa shape index (κ2) is 7.21. The van der Waals surface area contributed by atoms with Crippen molar-refractivity contribution in [1.29, 1.82) is 0 Å². The first-order chi connectivity index (χ1) is 9.33. The number of rotatable bonds is 6. The molecule has 5 nitrogen and oxygen atoms in total. The fourth-order valence-electron chi connectivity index (χ4n) is 2.13. The molecule has 1 saturated heterocycles. The summed E-state index contributed by atoms with van der Waals surface area (Å²) in [5, 5.41) is 3.34. The molecule has 0 unspecified atom stereocenters. The Balaban J connectivity index is 1.81. The summed E-state index contributed by atoms with van der Waals surface area (Å²) in [5.74, 6) is 2.23. The summed E-state index contributed by atoms with van der Waals surface area (Å²) in [7, 11) is 3.26. The standard InChI is InChI=1S/C14H22N2O3/c1-17-13-4-3-12(11-14(13)18-2)19-10-9-16-7-5-15-6-8-16/h3-4,11,15H,5-10H2,1-2H3. The van der Waals surface area contributed by atoms with Gasteiger partial charge in [0.2, 0.25) is 0 Å². The van der Waals surface area contributed by atoms with Crippen molar-refractivity contribution in [2.24, 2.45) is 0 Å². The number of piperazine rings is 1. The van der Waals surface area contributed by atoms with Crippen molar-refractivity contribution < 1.29 is 14.2 Å². The topological polar surface area (TPSA) is 43.0 Å². The van der Waals surface area contributed by atoms with Crippen LogP contribution in [-0.4, -0.2) is 58.5 Å². The maximum absolute atomic E-state index is 5.75. The van der Waals surface area contributed by atoms with Crippen molar-refractivity contribution in [2.45, 2.75) is 0 Å². The Kier molecular flexibility index (Phi) is 5.30. The Morgan fingerprint density at radius 1 is 1.11 bits per heavy atom. The van der Waals surface area contributed by atoms with E-state index in [-0.39, 0.29) is 0 Å². The highest BCUT2D eigenvalue weighted by Gasteiger charge is 2.09. The second-order valence-corrected chi connectivity index (χ2v) is 4.46. The zero-order valence-corrected chi connectivity index (χ0v) is 11.6. The molecule has 5 heteroatoms. The molecule has 1 aromatic rings. The van der Waals surface area contributed by atoms with Crippen LogP contribution in [0.4, 0.5) is 0 Å². The van der Waals surface area contributed by atoms with Crippen LogP contribution in [0, 0.1) is 0 Å². The lowest BCUT2D eigenvalue weighted by Gasteiger charge is -2.26. The van der Waals surface area contributed by atoms with Crippen molar-refractivity contribution in [3.63, 3.8) is 0 Å². The molecule has 0 aromatic heterocycles. The molecule has 1 aromatic carbocycles. The third kappa shape index (κ3) is 4.01. The fourth-order valence-corrected chi connectivity index (χ4v) is 2.13. The van der Waals surface area contributed by atoms with Gasteiger partial charge in [-0.15, -0.1) is 0 Å².